The number of methoxy groups -OCH3 is 1. The van der Waals surface area contributed by atoms with E-state index in [1.165, 1.54) is 13.2 Å². The van der Waals surface area contributed by atoms with Crippen molar-refractivity contribution >= 4 is 16.9 Å². The molecule has 1 aromatic heterocycles. The Bertz CT molecular complexity index is 1540. The lowest BCUT2D eigenvalue weighted by atomic mass is 9.84. The molecule has 0 spiro atoms. The van der Waals surface area contributed by atoms with Crippen molar-refractivity contribution in [3.05, 3.63) is 75.9 Å². The van der Waals surface area contributed by atoms with Gasteiger partial charge < -0.3 is 28.8 Å². The first kappa shape index (κ1) is 23.3. The first-order valence-electron chi connectivity index (χ1n) is 11.5. The summed E-state index contributed by atoms with van der Waals surface area (Å²) in [5, 5.41) is 21.3. The zero-order valence-corrected chi connectivity index (χ0v) is 19.9. The van der Waals surface area contributed by atoms with Crippen molar-refractivity contribution in [3.63, 3.8) is 0 Å². The molecule has 2 heterocycles. The molecule has 1 atom stereocenters. The van der Waals surface area contributed by atoms with Gasteiger partial charge >= 0.3 is 5.97 Å². The van der Waals surface area contributed by atoms with Gasteiger partial charge in [-0.2, -0.15) is 0 Å². The summed E-state index contributed by atoms with van der Waals surface area (Å²) in [4.78, 5) is 25.8. The summed E-state index contributed by atoms with van der Waals surface area (Å²) >= 11 is 0. The third kappa shape index (κ3) is 3.80. The van der Waals surface area contributed by atoms with E-state index >= 15 is 0 Å². The number of para-hydroxylation sites is 1. The number of phenolic OH excluding ortho intramolecular Hbond substituents is 2. The van der Waals surface area contributed by atoms with E-state index in [0.29, 0.717) is 22.6 Å². The first-order chi connectivity index (χ1) is 17.3. The molecule has 184 valence electrons. The van der Waals surface area contributed by atoms with Gasteiger partial charge in [-0.05, 0) is 19.9 Å². The third-order valence-corrected chi connectivity index (χ3v) is 6.06. The number of aromatic hydroxyl groups is 2. The number of carbonyl (C=O) groups excluding carboxylic acids is 1. The van der Waals surface area contributed by atoms with Crippen molar-refractivity contribution in [1.82, 2.24) is 0 Å². The molecule has 0 amide bonds. The second kappa shape index (κ2) is 8.96. The van der Waals surface area contributed by atoms with Gasteiger partial charge in [0.2, 0.25) is 5.75 Å². The minimum atomic E-state index is -0.728. The number of phenols is 2. The van der Waals surface area contributed by atoms with Crippen molar-refractivity contribution in [2.75, 3.05) is 7.11 Å². The highest BCUT2D eigenvalue weighted by atomic mass is 16.5. The maximum atomic E-state index is 13.2. The van der Waals surface area contributed by atoms with E-state index in [1.54, 1.807) is 42.5 Å². The second-order valence-corrected chi connectivity index (χ2v) is 8.76. The van der Waals surface area contributed by atoms with Crippen LogP contribution in [0.5, 0.6) is 28.7 Å². The molecular formula is C28H24O8. The van der Waals surface area contributed by atoms with Gasteiger partial charge in [-0.1, -0.05) is 42.5 Å². The van der Waals surface area contributed by atoms with Crippen LogP contribution in [0.15, 0.2) is 63.8 Å². The van der Waals surface area contributed by atoms with Gasteiger partial charge in [0, 0.05) is 23.1 Å². The van der Waals surface area contributed by atoms with Gasteiger partial charge in [0.25, 0.3) is 0 Å². The molecule has 8 heteroatoms. The molecule has 0 aliphatic carbocycles. The van der Waals surface area contributed by atoms with Crippen LogP contribution in [0.3, 0.4) is 0 Å². The minimum Gasteiger partial charge on any atom is -0.504 e. The Morgan fingerprint density at radius 3 is 2.44 bits per heavy atom. The van der Waals surface area contributed by atoms with Gasteiger partial charge in [0.05, 0.1) is 25.2 Å². The van der Waals surface area contributed by atoms with Crippen LogP contribution in [-0.2, 0) is 4.79 Å². The Labute approximate surface area is 206 Å². The molecule has 2 N–H and O–H groups in total. The zero-order valence-electron chi connectivity index (χ0n) is 19.9. The van der Waals surface area contributed by atoms with E-state index in [9.17, 15) is 19.8 Å². The number of hydrogen-bond acceptors (Lipinski definition) is 8. The maximum Gasteiger partial charge on any atom is 0.312 e. The van der Waals surface area contributed by atoms with Crippen LogP contribution in [0.4, 0.5) is 0 Å². The van der Waals surface area contributed by atoms with E-state index in [0.717, 1.165) is 0 Å². The molecule has 4 aromatic rings. The summed E-state index contributed by atoms with van der Waals surface area (Å²) in [5.41, 5.74) is 0.956. The van der Waals surface area contributed by atoms with E-state index in [1.807, 2.05) is 19.9 Å². The molecule has 0 bridgehead atoms. The highest BCUT2D eigenvalue weighted by molar-refractivity contribution is 5.96. The van der Waals surface area contributed by atoms with Crippen LogP contribution in [-0.4, -0.2) is 29.4 Å². The van der Waals surface area contributed by atoms with E-state index < -0.39 is 28.8 Å². The monoisotopic (exact) mass is 488 g/mol. The molecule has 1 aliphatic heterocycles. The quantitative estimate of drug-likeness (QED) is 0.226. The van der Waals surface area contributed by atoms with Crippen molar-refractivity contribution in [1.29, 1.82) is 0 Å². The molecule has 0 unspecified atom stereocenters. The summed E-state index contributed by atoms with van der Waals surface area (Å²) in [6, 6.07) is 15.5. The molecule has 1 aliphatic rings. The van der Waals surface area contributed by atoms with Gasteiger partial charge in [-0.15, -0.1) is 0 Å². The molecule has 0 saturated heterocycles. The second-order valence-electron chi connectivity index (χ2n) is 8.76. The van der Waals surface area contributed by atoms with Crippen LogP contribution in [0, 0.1) is 0 Å². The van der Waals surface area contributed by atoms with E-state index in [4.69, 9.17) is 18.6 Å². The predicted octanol–water partition coefficient (Wildman–Crippen LogP) is 5.11. The topological polar surface area (TPSA) is 115 Å². The number of rotatable bonds is 5. The summed E-state index contributed by atoms with van der Waals surface area (Å²) in [5.74, 6) is -1.88. The van der Waals surface area contributed by atoms with Gasteiger partial charge in [0.1, 0.15) is 16.7 Å². The van der Waals surface area contributed by atoms with Crippen LogP contribution in [0.2, 0.25) is 0 Å². The zero-order chi connectivity index (χ0) is 25.6. The molecule has 8 nitrogen and oxygen atoms in total. The van der Waals surface area contributed by atoms with Crippen molar-refractivity contribution in [3.8, 4) is 40.1 Å². The summed E-state index contributed by atoms with van der Waals surface area (Å²) < 4.78 is 23.2. The smallest absolute Gasteiger partial charge is 0.312 e. The van der Waals surface area contributed by atoms with Gasteiger partial charge in [0.15, 0.2) is 28.4 Å². The fraction of sp³-hybridized carbons (Fsp3) is 0.214. The molecule has 0 radical (unpaired) electrons. The number of hydrogen-bond donors (Lipinski definition) is 2. The maximum absolute atomic E-state index is 13.2. The molecule has 0 saturated carbocycles. The average Bonchev–Trinajstić information content (AvgIpc) is 2.86. The van der Waals surface area contributed by atoms with Crippen molar-refractivity contribution < 1.29 is 33.6 Å². The Hall–Kier alpha value is -4.46. The number of ether oxygens (including phenoxy) is 3. The Kier molecular flexibility index (Phi) is 5.80. The van der Waals surface area contributed by atoms with Crippen molar-refractivity contribution in [2.24, 2.45) is 0 Å². The van der Waals surface area contributed by atoms with Crippen LogP contribution < -0.4 is 19.6 Å². The number of benzene rings is 3. The highest BCUT2D eigenvalue weighted by Gasteiger charge is 2.38. The fourth-order valence-corrected chi connectivity index (χ4v) is 4.55. The van der Waals surface area contributed by atoms with E-state index in [-0.39, 0.29) is 40.6 Å². The Balaban J connectivity index is 1.86. The fourth-order valence-electron chi connectivity index (χ4n) is 4.55. The number of carbonyl (C=O) groups is 1. The summed E-state index contributed by atoms with van der Waals surface area (Å²) in [6.45, 7) is 3.73. The Morgan fingerprint density at radius 1 is 1.00 bits per heavy atom. The number of fused-ring (bicyclic) bond motifs is 3. The molecule has 0 fully saturated rings. The Morgan fingerprint density at radius 2 is 1.75 bits per heavy atom. The highest BCUT2D eigenvalue weighted by Crippen LogP contribution is 2.54. The normalized spacial score (nSPS) is 15.0. The first-order valence-corrected chi connectivity index (χ1v) is 11.5. The van der Waals surface area contributed by atoms with Crippen molar-refractivity contribution in [2.45, 2.75) is 32.3 Å². The summed E-state index contributed by atoms with van der Waals surface area (Å²) in [6.07, 6.45) is -0.324. The lowest BCUT2D eigenvalue weighted by Gasteiger charge is -2.28. The molecule has 36 heavy (non-hydrogen) atoms. The van der Waals surface area contributed by atoms with Gasteiger partial charge in [-0.3, -0.25) is 9.59 Å². The lowest BCUT2D eigenvalue weighted by molar-refractivity contribution is -0.135. The van der Waals surface area contributed by atoms with E-state index in [2.05, 4.69) is 0 Å². The van der Waals surface area contributed by atoms with Gasteiger partial charge in [-0.25, -0.2) is 0 Å². The standard InChI is InChI=1S/C28H24O8/c1-14(2)34-26-16(10-7-11-19(26)33-3)17-12-21(30)36-28-22(17)27-23(24(31)25(28)32)18(29)13-20(35-27)15-8-5-4-6-9-15/h4-11,13-14,17,31-32H,12H2,1-3H3/t17-/m1/s1. The number of esters is 1. The average molecular weight is 488 g/mol. The third-order valence-electron chi connectivity index (χ3n) is 6.06. The summed E-state index contributed by atoms with van der Waals surface area (Å²) in [7, 11) is 1.51. The largest absolute Gasteiger partial charge is 0.504 e. The molecule has 3 aromatic carbocycles. The lowest BCUT2D eigenvalue weighted by Crippen LogP contribution is -2.23. The predicted molar refractivity (Wildman–Crippen MR) is 132 cm³/mol. The minimum absolute atomic E-state index is 0.0162. The molecule has 5 rings (SSSR count). The molecular weight excluding hydrogens is 464 g/mol. The van der Waals surface area contributed by atoms with Crippen LogP contribution >= 0.6 is 0 Å². The van der Waals surface area contributed by atoms with Crippen LogP contribution in [0.1, 0.15) is 37.3 Å². The van der Waals surface area contributed by atoms with Crippen LogP contribution in [0.25, 0.3) is 22.3 Å². The SMILES string of the molecule is COc1cccc([C@H]2CC(=O)Oc3c(O)c(O)c4c(=O)cc(-c5ccccc5)oc4c32)c1OC(C)C.